The summed E-state index contributed by atoms with van der Waals surface area (Å²) in [6.07, 6.45) is 2.28. The lowest BCUT2D eigenvalue weighted by Gasteiger charge is -2.29. The average molecular weight is 470 g/mol. The summed E-state index contributed by atoms with van der Waals surface area (Å²) < 4.78 is 0. The molecule has 0 radical (unpaired) electrons. The van der Waals surface area contributed by atoms with Gasteiger partial charge in [0.25, 0.3) is 0 Å². The summed E-state index contributed by atoms with van der Waals surface area (Å²) in [5, 5.41) is 6.76. The minimum absolute atomic E-state index is 0.0369. The van der Waals surface area contributed by atoms with Crippen molar-refractivity contribution in [3.63, 3.8) is 0 Å². The van der Waals surface area contributed by atoms with Gasteiger partial charge < -0.3 is 16.4 Å². The van der Waals surface area contributed by atoms with Gasteiger partial charge in [-0.15, -0.1) is 0 Å². The van der Waals surface area contributed by atoms with E-state index in [1.165, 1.54) is 50.1 Å². The van der Waals surface area contributed by atoms with Gasteiger partial charge in [0.1, 0.15) is 0 Å². The number of anilines is 1. The van der Waals surface area contributed by atoms with E-state index in [-0.39, 0.29) is 11.9 Å². The summed E-state index contributed by atoms with van der Waals surface area (Å²) in [4.78, 5) is 13.2. The van der Waals surface area contributed by atoms with E-state index >= 15 is 0 Å². The van der Waals surface area contributed by atoms with Crippen molar-refractivity contribution < 1.29 is 4.79 Å². The average Bonchev–Trinajstić information content (AvgIpc) is 2.78. The van der Waals surface area contributed by atoms with Gasteiger partial charge in [-0.05, 0) is 111 Å². The molecule has 0 saturated carbocycles. The molecule has 0 aliphatic carbocycles. The zero-order valence-electron chi connectivity index (χ0n) is 22.0. The lowest BCUT2D eigenvalue weighted by molar-refractivity contribution is -0.123. The van der Waals surface area contributed by atoms with Crippen LogP contribution in [0.25, 0.3) is 0 Å². The molecule has 1 heterocycles. The highest BCUT2D eigenvalue weighted by atomic mass is 16.2. The van der Waals surface area contributed by atoms with Gasteiger partial charge in [0.2, 0.25) is 5.91 Å². The second-order valence-corrected chi connectivity index (χ2v) is 10.4. The molecule has 1 amide bonds. The number of nitrogens with one attached hydrogen (secondary N) is 2. The van der Waals surface area contributed by atoms with Crippen molar-refractivity contribution in [3.05, 3.63) is 98.1 Å². The van der Waals surface area contributed by atoms with Crippen molar-refractivity contribution in [2.75, 3.05) is 11.9 Å². The SMILES string of the molecule is Cc1cc(C)c(Cc2ccc3c(c2)[C@H](NC(=O)[C@@H](N)Cc2c(C)cc(C)cc2C)CCN3)c(C)c1. The van der Waals surface area contributed by atoms with E-state index in [9.17, 15) is 4.79 Å². The van der Waals surface area contributed by atoms with Gasteiger partial charge in [-0.1, -0.05) is 47.5 Å². The van der Waals surface area contributed by atoms with E-state index < -0.39 is 6.04 Å². The minimum atomic E-state index is -0.575. The first-order valence-corrected chi connectivity index (χ1v) is 12.7. The number of carbonyl (C=O) groups excluding carboxylic acids is 1. The van der Waals surface area contributed by atoms with Crippen molar-refractivity contribution in [1.82, 2.24) is 5.32 Å². The van der Waals surface area contributed by atoms with Crippen LogP contribution in [0.5, 0.6) is 0 Å². The molecule has 1 aliphatic heterocycles. The maximum absolute atomic E-state index is 13.2. The third-order valence-corrected chi connectivity index (χ3v) is 7.38. The van der Waals surface area contributed by atoms with Gasteiger partial charge in [0.15, 0.2) is 0 Å². The molecule has 3 aromatic carbocycles. The fourth-order valence-electron chi connectivity index (χ4n) is 5.64. The number of aryl methyl sites for hydroxylation is 6. The standard InChI is InChI=1S/C31H39N3O/c1-18-11-20(3)25(21(4)12-18)15-24-7-8-29-27(16-24)30(9-10-33-29)34-31(35)28(32)17-26-22(5)13-19(2)14-23(26)6/h7-8,11-14,16,28,30,33H,9-10,15,17,32H2,1-6H3,(H,34,35)/t28-,30+/m0/s1. The van der Waals surface area contributed by atoms with Crippen molar-refractivity contribution in [2.45, 2.75) is 72.9 Å². The van der Waals surface area contributed by atoms with Crippen molar-refractivity contribution >= 4 is 11.6 Å². The van der Waals surface area contributed by atoms with E-state index in [0.29, 0.717) is 6.42 Å². The van der Waals surface area contributed by atoms with Crippen LogP contribution in [0.2, 0.25) is 0 Å². The molecule has 0 unspecified atom stereocenters. The van der Waals surface area contributed by atoms with Crippen molar-refractivity contribution in [2.24, 2.45) is 5.73 Å². The molecule has 1 aliphatic rings. The van der Waals surface area contributed by atoms with Crippen LogP contribution in [0.15, 0.2) is 42.5 Å². The normalized spacial score (nSPS) is 15.8. The molecule has 4 nitrogen and oxygen atoms in total. The third-order valence-electron chi connectivity index (χ3n) is 7.38. The Bertz CT molecular complexity index is 1210. The molecule has 35 heavy (non-hydrogen) atoms. The number of nitrogens with two attached hydrogens (primary N) is 1. The quantitative estimate of drug-likeness (QED) is 0.436. The number of benzene rings is 3. The highest BCUT2D eigenvalue weighted by Crippen LogP contribution is 2.32. The highest BCUT2D eigenvalue weighted by molar-refractivity contribution is 5.82. The van der Waals surface area contributed by atoms with Crippen LogP contribution >= 0.6 is 0 Å². The Kier molecular flexibility index (Phi) is 7.32. The molecule has 0 spiro atoms. The van der Waals surface area contributed by atoms with E-state index in [1.807, 2.05) is 0 Å². The summed E-state index contributed by atoms with van der Waals surface area (Å²) in [6, 6.07) is 14.8. The van der Waals surface area contributed by atoms with Gasteiger partial charge >= 0.3 is 0 Å². The van der Waals surface area contributed by atoms with Crippen molar-refractivity contribution in [3.8, 4) is 0 Å². The summed E-state index contributed by atoms with van der Waals surface area (Å²) in [5.41, 5.74) is 20.1. The Labute approximate surface area is 210 Å². The number of hydrogen-bond acceptors (Lipinski definition) is 3. The predicted octanol–water partition coefficient (Wildman–Crippen LogP) is 5.67. The molecule has 4 N–H and O–H groups in total. The Hall–Kier alpha value is -3.11. The van der Waals surface area contributed by atoms with Gasteiger partial charge in [0, 0.05) is 12.2 Å². The Balaban J connectivity index is 1.51. The maximum Gasteiger partial charge on any atom is 0.237 e. The molecule has 184 valence electrons. The van der Waals surface area contributed by atoms with Gasteiger partial charge in [0.05, 0.1) is 12.1 Å². The maximum atomic E-state index is 13.2. The lowest BCUT2D eigenvalue weighted by atomic mass is 9.90. The number of amides is 1. The monoisotopic (exact) mass is 469 g/mol. The van der Waals surface area contributed by atoms with Crippen molar-refractivity contribution in [1.29, 1.82) is 0 Å². The molecular formula is C31H39N3O. The summed E-state index contributed by atoms with van der Waals surface area (Å²) in [5.74, 6) is -0.0853. The van der Waals surface area contributed by atoms with Crippen LogP contribution in [-0.4, -0.2) is 18.5 Å². The fourth-order valence-corrected chi connectivity index (χ4v) is 5.64. The van der Waals surface area contributed by atoms with Crippen LogP contribution in [0, 0.1) is 41.5 Å². The van der Waals surface area contributed by atoms with Crippen LogP contribution in [-0.2, 0) is 17.6 Å². The summed E-state index contributed by atoms with van der Waals surface area (Å²) in [7, 11) is 0. The molecule has 0 saturated heterocycles. The number of rotatable bonds is 6. The molecule has 0 aromatic heterocycles. The first kappa shape index (κ1) is 25.0. The molecule has 0 bridgehead atoms. The topological polar surface area (TPSA) is 67.2 Å². The molecule has 2 atom stereocenters. The van der Waals surface area contributed by atoms with Gasteiger partial charge in [-0.2, -0.15) is 0 Å². The summed E-state index contributed by atoms with van der Waals surface area (Å²) >= 11 is 0. The number of fused-ring (bicyclic) bond motifs is 1. The summed E-state index contributed by atoms with van der Waals surface area (Å²) in [6.45, 7) is 13.7. The van der Waals surface area contributed by atoms with E-state index in [1.54, 1.807) is 0 Å². The van der Waals surface area contributed by atoms with E-state index in [2.05, 4.69) is 94.6 Å². The van der Waals surface area contributed by atoms with Gasteiger partial charge in [-0.25, -0.2) is 0 Å². The molecule has 4 rings (SSSR count). The number of hydrogen-bond donors (Lipinski definition) is 3. The molecule has 0 fully saturated rings. The molecule has 3 aromatic rings. The van der Waals surface area contributed by atoms with E-state index in [4.69, 9.17) is 5.73 Å². The Morgan fingerprint density at radius 3 is 2.09 bits per heavy atom. The second-order valence-electron chi connectivity index (χ2n) is 10.4. The second kappa shape index (κ2) is 10.2. The third kappa shape index (κ3) is 5.59. The fraction of sp³-hybridized carbons (Fsp3) is 0.387. The lowest BCUT2D eigenvalue weighted by Crippen LogP contribution is -2.44. The van der Waals surface area contributed by atoms with E-state index in [0.717, 1.165) is 30.6 Å². The Morgan fingerprint density at radius 2 is 1.49 bits per heavy atom. The Morgan fingerprint density at radius 1 is 0.914 bits per heavy atom. The van der Waals surface area contributed by atoms with Crippen LogP contribution in [0.4, 0.5) is 5.69 Å². The highest BCUT2D eigenvalue weighted by Gasteiger charge is 2.25. The first-order valence-electron chi connectivity index (χ1n) is 12.7. The predicted molar refractivity (Wildman–Crippen MR) is 146 cm³/mol. The zero-order chi connectivity index (χ0) is 25.3. The minimum Gasteiger partial charge on any atom is -0.385 e. The van der Waals surface area contributed by atoms with Crippen LogP contribution in [0.3, 0.4) is 0 Å². The van der Waals surface area contributed by atoms with Crippen LogP contribution < -0.4 is 16.4 Å². The largest absolute Gasteiger partial charge is 0.385 e. The first-order chi connectivity index (χ1) is 16.6. The van der Waals surface area contributed by atoms with Gasteiger partial charge in [-0.3, -0.25) is 4.79 Å². The molecular weight excluding hydrogens is 430 g/mol. The zero-order valence-corrected chi connectivity index (χ0v) is 22.0. The molecule has 4 heteroatoms. The smallest absolute Gasteiger partial charge is 0.237 e. The van der Waals surface area contributed by atoms with Crippen LogP contribution in [0.1, 0.15) is 68.1 Å². The number of carbonyl (C=O) groups is 1.